The van der Waals surface area contributed by atoms with Gasteiger partial charge in [-0.3, -0.25) is 14.4 Å². The van der Waals surface area contributed by atoms with Gasteiger partial charge in [-0.25, -0.2) is 4.79 Å². The minimum atomic E-state index is -1.46. The molecule has 0 aromatic heterocycles. The lowest BCUT2D eigenvalue weighted by Gasteiger charge is -2.25. The Balaban J connectivity index is 2.69. The van der Waals surface area contributed by atoms with Crippen LogP contribution in [-0.4, -0.2) is 40.6 Å². The summed E-state index contributed by atoms with van der Waals surface area (Å²) in [5.74, 6) is -4.32. The minimum absolute atomic E-state index is 0.00716. The number of hydrogen-bond donors (Lipinski definition) is 2. The molecule has 0 spiro atoms. The first kappa shape index (κ1) is 25.1. The van der Waals surface area contributed by atoms with Crippen LogP contribution in [0.25, 0.3) is 0 Å². The monoisotopic (exact) mass is 421 g/mol. The van der Waals surface area contributed by atoms with Gasteiger partial charge in [-0.05, 0) is 32.3 Å². The van der Waals surface area contributed by atoms with Gasteiger partial charge >= 0.3 is 17.9 Å². The Morgan fingerprint density at radius 2 is 1.60 bits per heavy atom. The van der Waals surface area contributed by atoms with E-state index in [0.29, 0.717) is 0 Å². The highest BCUT2D eigenvalue weighted by Gasteiger charge is 2.32. The number of rotatable bonds is 10. The summed E-state index contributed by atoms with van der Waals surface area (Å²) in [5.41, 5.74) is 0.0697. The number of carbonyl (C=O) groups excluding carboxylic acids is 3. The number of carboxylic acids is 1. The zero-order valence-corrected chi connectivity index (χ0v) is 18.1. The zero-order valence-electron chi connectivity index (χ0n) is 18.1. The van der Waals surface area contributed by atoms with Crippen molar-refractivity contribution in [2.24, 2.45) is 11.8 Å². The van der Waals surface area contributed by atoms with Crippen LogP contribution in [0.2, 0.25) is 0 Å². The fourth-order valence-corrected chi connectivity index (χ4v) is 2.64. The second kappa shape index (κ2) is 11.3. The fourth-order valence-electron chi connectivity index (χ4n) is 2.64. The summed E-state index contributed by atoms with van der Waals surface area (Å²) < 4.78 is 10.3. The number of ether oxygens (including phenoxy) is 2. The molecule has 166 valence electrons. The van der Waals surface area contributed by atoms with Crippen LogP contribution in [0.15, 0.2) is 30.3 Å². The SMILES string of the molecule is CC(C)[C@H](CC(=O)OC(C)(C)C)C(=O)N[C@@H](CC(=O)OCc1ccccc1)C(=O)O. The summed E-state index contributed by atoms with van der Waals surface area (Å²) in [5, 5.41) is 11.7. The summed E-state index contributed by atoms with van der Waals surface area (Å²) >= 11 is 0. The van der Waals surface area contributed by atoms with Crippen molar-refractivity contribution in [2.75, 3.05) is 0 Å². The van der Waals surface area contributed by atoms with E-state index in [1.807, 2.05) is 6.07 Å². The standard InChI is InChI=1S/C22H31NO7/c1-14(2)16(11-19(25)30-22(3,4)5)20(26)23-17(21(27)28)12-18(24)29-13-15-9-7-6-8-10-15/h6-10,14,16-17H,11-13H2,1-5H3,(H,23,26)(H,27,28)/t16-,17-/m0/s1. The predicted octanol–water partition coefficient (Wildman–Crippen LogP) is 2.69. The Hall–Kier alpha value is -2.90. The van der Waals surface area contributed by atoms with Crippen LogP contribution in [0, 0.1) is 11.8 Å². The van der Waals surface area contributed by atoms with Crippen molar-refractivity contribution in [3.05, 3.63) is 35.9 Å². The molecule has 8 heteroatoms. The van der Waals surface area contributed by atoms with E-state index < -0.39 is 47.8 Å². The Morgan fingerprint density at radius 3 is 2.10 bits per heavy atom. The van der Waals surface area contributed by atoms with E-state index in [4.69, 9.17) is 9.47 Å². The third-order valence-corrected chi connectivity index (χ3v) is 4.18. The van der Waals surface area contributed by atoms with Crippen LogP contribution in [0.4, 0.5) is 0 Å². The summed E-state index contributed by atoms with van der Waals surface area (Å²) in [7, 11) is 0. The average molecular weight is 421 g/mol. The molecule has 2 atom stereocenters. The first-order valence-electron chi connectivity index (χ1n) is 9.83. The Labute approximate surface area is 176 Å². The lowest BCUT2D eigenvalue weighted by molar-refractivity contribution is -0.158. The number of aliphatic carboxylic acids is 1. The summed E-state index contributed by atoms with van der Waals surface area (Å²) in [6.07, 6.45) is -0.712. The molecule has 30 heavy (non-hydrogen) atoms. The maximum atomic E-state index is 12.6. The smallest absolute Gasteiger partial charge is 0.326 e. The van der Waals surface area contributed by atoms with Crippen molar-refractivity contribution < 1.29 is 33.8 Å². The average Bonchev–Trinajstić information content (AvgIpc) is 2.63. The highest BCUT2D eigenvalue weighted by Crippen LogP contribution is 2.19. The molecular weight excluding hydrogens is 390 g/mol. The van der Waals surface area contributed by atoms with Crippen LogP contribution in [-0.2, 0) is 35.3 Å². The van der Waals surface area contributed by atoms with Gasteiger partial charge in [0.15, 0.2) is 0 Å². The second-order valence-corrected chi connectivity index (χ2v) is 8.39. The van der Waals surface area contributed by atoms with Gasteiger partial charge in [0.1, 0.15) is 18.2 Å². The van der Waals surface area contributed by atoms with E-state index in [1.54, 1.807) is 58.9 Å². The van der Waals surface area contributed by atoms with E-state index >= 15 is 0 Å². The lowest BCUT2D eigenvalue weighted by Crippen LogP contribution is -2.46. The van der Waals surface area contributed by atoms with Crippen LogP contribution in [0.1, 0.15) is 53.0 Å². The van der Waals surface area contributed by atoms with Gasteiger partial charge in [-0.2, -0.15) is 0 Å². The molecule has 0 saturated heterocycles. The lowest BCUT2D eigenvalue weighted by atomic mass is 9.91. The number of carbonyl (C=O) groups is 4. The molecule has 0 aliphatic carbocycles. The number of carboxylic acid groups (broad SMARTS) is 1. The molecule has 0 aliphatic heterocycles. The number of benzene rings is 1. The van der Waals surface area contributed by atoms with Gasteiger partial charge < -0.3 is 19.9 Å². The van der Waals surface area contributed by atoms with Gasteiger partial charge in [-0.1, -0.05) is 44.2 Å². The Bertz CT molecular complexity index is 738. The first-order chi connectivity index (χ1) is 13.9. The van der Waals surface area contributed by atoms with Crippen molar-refractivity contribution in [3.63, 3.8) is 0 Å². The third kappa shape index (κ3) is 9.54. The highest BCUT2D eigenvalue weighted by atomic mass is 16.6. The number of hydrogen-bond acceptors (Lipinski definition) is 6. The van der Waals surface area contributed by atoms with Gasteiger partial charge in [0, 0.05) is 0 Å². The first-order valence-corrected chi connectivity index (χ1v) is 9.83. The molecule has 1 rings (SSSR count). The second-order valence-electron chi connectivity index (χ2n) is 8.39. The van der Waals surface area contributed by atoms with Crippen molar-refractivity contribution in [3.8, 4) is 0 Å². The normalized spacial score (nSPS) is 13.3. The number of amides is 1. The van der Waals surface area contributed by atoms with Crippen LogP contribution < -0.4 is 5.32 Å². The molecule has 0 saturated carbocycles. The molecule has 0 heterocycles. The highest BCUT2D eigenvalue weighted by molar-refractivity contribution is 5.89. The quantitative estimate of drug-likeness (QED) is 0.558. The molecule has 1 aromatic carbocycles. The van der Waals surface area contributed by atoms with E-state index in [-0.39, 0.29) is 18.9 Å². The van der Waals surface area contributed by atoms with E-state index in [9.17, 15) is 24.3 Å². The molecule has 0 radical (unpaired) electrons. The van der Waals surface area contributed by atoms with Gasteiger partial charge in [-0.15, -0.1) is 0 Å². The van der Waals surface area contributed by atoms with E-state index in [1.165, 1.54) is 0 Å². The summed E-state index contributed by atoms with van der Waals surface area (Å²) in [6.45, 7) is 8.66. The molecule has 0 aliphatic rings. The molecule has 0 fully saturated rings. The topological polar surface area (TPSA) is 119 Å². The maximum absolute atomic E-state index is 12.6. The largest absolute Gasteiger partial charge is 0.480 e. The van der Waals surface area contributed by atoms with Crippen molar-refractivity contribution in [2.45, 2.75) is 65.7 Å². The fraction of sp³-hybridized carbons (Fsp3) is 0.545. The van der Waals surface area contributed by atoms with E-state index in [2.05, 4.69) is 5.32 Å². The number of nitrogens with one attached hydrogen (secondary N) is 1. The minimum Gasteiger partial charge on any atom is -0.480 e. The van der Waals surface area contributed by atoms with Crippen molar-refractivity contribution in [1.29, 1.82) is 0 Å². The van der Waals surface area contributed by atoms with Gasteiger partial charge in [0.25, 0.3) is 0 Å². The predicted molar refractivity (Wildman–Crippen MR) is 109 cm³/mol. The molecule has 1 aromatic rings. The molecule has 0 unspecified atom stereocenters. The number of esters is 2. The van der Waals surface area contributed by atoms with Crippen LogP contribution in [0.5, 0.6) is 0 Å². The van der Waals surface area contributed by atoms with Gasteiger partial charge in [0.05, 0.1) is 18.8 Å². The molecular formula is C22H31NO7. The zero-order chi connectivity index (χ0) is 22.9. The van der Waals surface area contributed by atoms with Crippen molar-refractivity contribution in [1.82, 2.24) is 5.32 Å². The Kier molecular flexibility index (Phi) is 9.49. The molecule has 1 amide bonds. The summed E-state index contributed by atoms with van der Waals surface area (Å²) in [4.78, 5) is 48.3. The maximum Gasteiger partial charge on any atom is 0.326 e. The molecule has 2 N–H and O–H groups in total. The van der Waals surface area contributed by atoms with Crippen LogP contribution in [0.3, 0.4) is 0 Å². The van der Waals surface area contributed by atoms with Crippen molar-refractivity contribution >= 4 is 23.8 Å². The van der Waals surface area contributed by atoms with E-state index in [0.717, 1.165) is 5.56 Å². The third-order valence-electron chi connectivity index (χ3n) is 4.18. The van der Waals surface area contributed by atoms with Crippen LogP contribution >= 0.6 is 0 Å². The Morgan fingerprint density at radius 1 is 1.00 bits per heavy atom. The summed E-state index contributed by atoms with van der Waals surface area (Å²) in [6, 6.07) is 7.49. The molecule has 0 bridgehead atoms. The van der Waals surface area contributed by atoms with Gasteiger partial charge in [0.2, 0.25) is 5.91 Å². The molecule has 8 nitrogen and oxygen atoms in total.